The van der Waals surface area contributed by atoms with Crippen LogP contribution in [0.4, 0.5) is 4.79 Å². The van der Waals surface area contributed by atoms with Gasteiger partial charge >= 0.3 is 24.1 Å². The Bertz CT molecular complexity index is 1560. The number of nitrogens with one attached hydrogen (secondary N) is 1. The molecule has 1 aliphatic heterocycles. The van der Waals surface area contributed by atoms with Gasteiger partial charge in [-0.25, -0.2) is 14.6 Å². The fourth-order valence-corrected chi connectivity index (χ4v) is 4.66. The van der Waals surface area contributed by atoms with Gasteiger partial charge in [-0.1, -0.05) is 74.5 Å². The molecule has 13 heteroatoms. The molecule has 1 aromatic heterocycles. The van der Waals surface area contributed by atoms with E-state index in [0.717, 1.165) is 5.56 Å². The number of carbonyl (C=O) groups excluding carboxylic acids is 5. The number of benzene rings is 2. The minimum atomic E-state index is -1.50. The van der Waals surface area contributed by atoms with Gasteiger partial charge in [-0.3, -0.25) is 14.4 Å². The summed E-state index contributed by atoms with van der Waals surface area (Å²) in [5.74, 6) is -5.21. The molecule has 1 aliphatic rings. The molecular formula is C34H36N2O11. The fraction of sp³-hybridized carbons (Fsp3) is 0.353. The molecule has 1 saturated heterocycles. The fourth-order valence-electron chi connectivity index (χ4n) is 4.66. The highest BCUT2D eigenvalue weighted by Gasteiger charge is 2.42. The maximum Gasteiger partial charge on any atom is 0.514 e. The van der Waals surface area contributed by atoms with Crippen molar-refractivity contribution in [1.82, 2.24) is 10.3 Å². The predicted molar refractivity (Wildman–Crippen MR) is 164 cm³/mol. The van der Waals surface area contributed by atoms with E-state index in [0.29, 0.717) is 5.56 Å². The van der Waals surface area contributed by atoms with Crippen LogP contribution < -0.4 is 14.8 Å². The number of aromatic nitrogens is 1. The summed E-state index contributed by atoms with van der Waals surface area (Å²) in [6.45, 7) is 4.06. The molecule has 47 heavy (non-hydrogen) atoms. The lowest BCUT2D eigenvalue weighted by atomic mass is 9.91. The molecular weight excluding hydrogens is 612 g/mol. The van der Waals surface area contributed by atoms with E-state index in [1.54, 1.807) is 62.4 Å². The van der Waals surface area contributed by atoms with E-state index < -0.39 is 72.4 Å². The van der Waals surface area contributed by atoms with E-state index in [1.165, 1.54) is 26.3 Å². The molecule has 0 spiro atoms. The Morgan fingerprint density at radius 2 is 1.62 bits per heavy atom. The van der Waals surface area contributed by atoms with Crippen molar-refractivity contribution in [3.8, 4) is 11.5 Å². The highest BCUT2D eigenvalue weighted by molar-refractivity contribution is 5.98. The molecule has 2 unspecified atom stereocenters. The van der Waals surface area contributed by atoms with Crippen molar-refractivity contribution >= 4 is 30.0 Å². The zero-order valence-electron chi connectivity index (χ0n) is 26.4. The van der Waals surface area contributed by atoms with Gasteiger partial charge in [-0.15, -0.1) is 0 Å². The van der Waals surface area contributed by atoms with E-state index >= 15 is 0 Å². The molecule has 248 valence electrons. The van der Waals surface area contributed by atoms with Crippen LogP contribution >= 0.6 is 0 Å². The second-order valence-electron chi connectivity index (χ2n) is 11.0. The molecule has 4 atom stereocenters. The number of esters is 3. The number of rotatable bonds is 10. The molecule has 3 aromatic rings. The molecule has 13 nitrogen and oxygen atoms in total. The average molecular weight is 649 g/mol. The van der Waals surface area contributed by atoms with Gasteiger partial charge in [0.25, 0.3) is 5.91 Å². The van der Waals surface area contributed by atoms with E-state index in [4.69, 9.17) is 28.4 Å². The molecule has 2 heterocycles. The zero-order chi connectivity index (χ0) is 33.9. The summed E-state index contributed by atoms with van der Waals surface area (Å²) >= 11 is 0. The van der Waals surface area contributed by atoms with Crippen LogP contribution in [0.1, 0.15) is 42.4 Å². The number of methoxy groups -OCH3 is 1. The first-order valence-electron chi connectivity index (χ1n) is 14.9. The topological polar surface area (TPSA) is 166 Å². The number of amides is 1. The Balaban J connectivity index is 1.54. The first-order valence-corrected chi connectivity index (χ1v) is 14.9. The summed E-state index contributed by atoms with van der Waals surface area (Å²) in [4.78, 5) is 69.5. The summed E-state index contributed by atoms with van der Waals surface area (Å²) in [6, 6.07) is 17.8. The number of carbonyl (C=O) groups is 5. The summed E-state index contributed by atoms with van der Waals surface area (Å²) in [5, 5.41) is 2.43. The van der Waals surface area contributed by atoms with E-state index in [-0.39, 0.29) is 24.5 Å². The SMILES string of the molecule is COc1ccnc(C(=O)NC2COC(=O)[C@H](Cc3ccccc3)C(OC(=O)C(C)C)[C@H](C)OC2=O)c1OC(=O)OCc1ccccc1. The first-order chi connectivity index (χ1) is 22.6. The van der Waals surface area contributed by atoms with Crippen LogP contribution in [-0.4, -0.2) is 66.9 Å². The van der Waals surface area contributed by atoms with Crippen molar-refractivity contribution in [2.45, 2.75) is 52.0 Å². The van der Waals surface area contributed by atoms with Crippen LogP contribution in [-0.2, 0) is 46.4 Å². The zero-order valence-corrected chi connectivity index (χ0v) is 26.4. The van der Waals surface area contributed by atoms with Crippen LogP contribution in [0.2, 0.25) is 0 Å². The van der Waals surface area contributed by atoms with Crippen molar-refractivity contribution < 1.29 is 52.4 Å². The maximum absolute atomic E-state index is 13.5. The normalized spacial score (nSPS) is 19.6. The van der Waals surface area contributed by atoms with Crippen LogP contribution in [0.25, 0.3) is 0 Å². The average Bonchev–Trinajstić information content (AvgIpc) is 3.10. The number of hydrogen-bond donors (Lipinski definition) is 1. The summed E-state index contributed by atoms with van der Waals surface area (Å²) in [7, 11) is 1.30. The van der Waals surface area contributed by atoms with Gasteiger partial charge in [0.2, 0.25) is 5.75 Å². The molecule has 0 bridgehead atoms. The van der Waals surface area contributed by atoms with E-state index in [1.807, 2.05) is 12.1 Å². The highest BCUT2D eigenvalue weighted by atomic mass is 16.7. The third-order valence-corrected chi connectivity index (χ3v) is 7.16. The minimum Gasteiger partial charge on any atom is -0.493 e. The number of ether oxygens (including phenoxy) is 6. The Labute approximate surface area is 271 Å². The van der Waals surface area contributed by atoms with Crippen LogP contribution in [0.3, 0.4) is 0 Å². The molecule has 1 N–H and O–H groups in total. The maximum atomic E-state index is 13.5. The molecule has 0 saturated carbocycles. The van der Waals surface area contributed by atoms with E-state index in [2.05, 4.69) is 10.3 Å². The van der Waals surface area contributed by atoms with E-state index in [9.17, 15) is 24.0 Å². The lowest BCUT2D eigenvalue weighted by molar-refractivity contribution is -0.176. The Morgan fingerprint density at radius 1 is 0.957 bits per heavy atom. The third kappa shape index (κ3) is 9.28. The molecule has 4 rings (SSSR count). The largest absolute Gasteiger partial charge is 0.514 e. The lowest BCUT2D eigenvalue weighted by Gasteiger charge is -2.29. The predicted octanol–water partition coefficient (Wildman–Crippen LogP) is 3.82. The number of cyclic esters (lactones) is 2. The second-order valence-corrected chi connectivity index (χ2v) is 11.0. The van der Waals surface area contributed by atoms with Gasteiger partial charge in [0, 0.05) is 12.3 Å². The standard InChI is InChI=1S/C34H36N2O11/c1-20(2)31(38)46-28-21(3)45-33(40)25(19-43-32(39)24(28)17-22-11-7-5-8-12-22)36-30(37)27-29(26(42-4)15-16-35-27)47-34(41)44-18-23-13-9-6-10-14-23/h5-16,20-21,24-25,28H,17-19H2,1-4H3,(H,36,37)/t21-,24+,25?,28?/m0/s1. The van der Waals surface area contributed by atoms with Crippen LogP contribution in [0.5, 0.6) is 11.5 Å². The quantitative estimate of drug-likeness (QED) is 0.250. The molecule has 2 aromatic carbocycles. The molecule has 1 fully saturated rings. The minimum absolute atomic E-state index is 0.0162. The van der Waals surface area contributed by atoms with Gasteiger partial charge in [-0.2, -0.15) is 0 Å². The van der Waals surface area contributed by atoms with Crippen molar-refractivity contribution in [2.75, 3.05) is 13.7 Å². The van der Waals surface area contributed by atoms with Gasteiger partial charge in [-0.05, 0) is 24.5 Å². The third-order valence-electron chi connectivity index (χ3n) is 7.16. The van der Waals surface area contributed by atoms with Crippen LogP contribution in [0, 0.1) is 11.8 Å². The second kappa shape index (κ2) is 16.2. The number of pyridine rings is 1. The first kappa shape index (κ1) is 34.4. The summed E-state index contributed by atoms with van der Waals surface area (Å²) in [5.41, 5.74) is 1.05. The molecule has 0 aliphatic carbocycles. The monoisotopic (exact) mass is 648 g/mol. The molecule has 1 amide bonds. The van der Waals surface area contributed by atoms with Gasteiger partial charge in [0.05, 0.1) is 13.0 Å². The Morgan fingerprint density at radius 3 is 2.26 bits per heavy atom. The lowest BCUT2D eigenvalue weighted by Crippen LogP contribution is -2.47. The Kier molecular flexibility index (Phi) is 11.9. The van der Waals surface area contributed by atoms with Crippen molar-refractivity contribution in [3.05, 3.63) is 89.7 Å². The van der Waals surface area contributed by atoms with Crippen molar-refractivity contribution in [2.24, 2.45) is 11.8 Å². The smallest absolute Gasteiger partial charge is 0.493 e. The van der Waals surface area contributed by atoms with Gasteiger partial charge in [0.1, 0.15) is 25.2 Å². The highest BCUT2D eigenvalue weighted by Crippen LogP contribution is 2.30. The van der Waals surface area contributed by atoms with Crippen molar-refractivity contribution in [3.63, 3.8) is 0 Å². The van der Waals surface area contributed by atoms with Gasteiger partial charge in [0.15, 0.2) is 23.6 Å². The van der Waals surface area contributed by atoms with Crippen LogP contribution in [0.15, 0.2) is 72.9 Å². The Hall–Kier alpha value is -5.46. The van der Waals surface area contributed by atoms with Gasteiger partial charge < -0.3 is 33.7 Å². The summed E-state index contributed by atoms with van der Waals surface area (Å²) in [6.07, 6.45) is -2.05. The number of nitrogens with zero attached hydrogens (tertiary/aromatic N) is 1. The van der Waals surface area contributed by atoms with Crippen molar-refractivity contribution in [1.29, 1.82) is 0 Å². The molecule has 0 radical (unpaired) electrons. The summed E-state index contributed by atoms with van der Waals surface area (Å²) < 4.78 is 32.5. The number of hydrogen-bond acceptors (Lipinski definition) is 12.